The number of amides is 2. The summed E-state index contributed by atoms with van der Waals surface area (Å²) >= 11 is 18.5. The first kappa shape index (κ1) is 31.7. The van der Waals surface area contributed by atoms with Crippen molar-refractivity contribution in [1.82, 2.24) is 10.2 Å². The lowest BCUT2D eigenvalue weighted by atomic mass is 10.1. The van der Waals surface area contributed by atoms with Crippen LogP contribution in [-0.4, -0.2) is 44.3 Å². The monoisotopic (exact) mass is 623 g/mol. The molecule has 0 saturated carbocycles. The number of aryl methyl sites for hydroxylation is 2. The maximum Gasteiger partial charge on any atom is 0.264 e. The molecule has 214 valence electrons. The summed E-state index contributed by atoms with van der Waals surface area (Å²) in [5.74, 6) is -0.900. The van der Waals surface area contributed by atoms with E-state index in [1.54, 1.807) is 69.3 Å². The highest BCUT2D eigenvalue weighted by molar-refractivity contribution is 7.92. The van der Waals surface area contributed by atoms with E-state index in [4.69, 9.17) is 34.8 Å². The Hall–Kier alpha value is -2.78. The average Bonchev–Trinajstić information content (AvgIpc) is 2.90. The van der Waals surface area contributed by atoms with Crippen molar-refractivity contribution in [2.45, 2.75) is 51.6 Å². The van der Waals surface area contributed by atoms with Crippen LogP contribution in [0.1, 0.15) is 37.0 Å². The Kier molecular flexibility index (Phi) is 10.9. The van der Waals surface area contributed by atoms with E-state index in [2.05, 4.69) is 5.32 Å². The van der Waals surface area contributed by atoms with Gasteiger partial charge in [0.15, 0.2) is 0 Å². The van der Waals surface area contributed by atoms with Crippen LogP contribution in [-0.2, 0) is 26.2 Å². The van der Waals surface area contributed by atoms with Gasteiger partial charge in [0, 0.05) is 18.1 Å². The first-order valence-electron chi connectivity index (χ1n) is 12.8. The van der Waals surface area contributed by atoms with Gasteiger partial charge in [-0.15, -0.1) is 0 Å². The van der Waals surface area contributed by atoms with Gasteiger partial charge in [0.2, 0.25) is 11.8 Å². The second-order valence-corrected chi connectivity index (χ2v) is 12.5. The second kappa shape index (κ2) is 13.7. The minimum Gasteiger partial charge on any atom is -0.355 e. The lowest BCUT2D eigenvalue weighted by Crippen LogP contribution is -2.52. The topological polar surface area (TPSA) is 86.8 Å². The average molecular weight is 625 g/mol. The number of carbonyl (C=O) groups excluding carboxylic acids is 2. The van der Waals surface area contributed by atoms with Crippen LogP contribution in [0.25, 0.3) is 0 Å². The Morgan fingerprint density at radius 2 is 1.57 bits per heavy atom. The zero-order chi connectivity index (χ0) is 29.6. The highest BCUT2D eigenvalue weighted by Gasteiger charge is 2.34. The van der Waals surface area contributed by atoms with Gasteiger partial charge in [-0.05, 0) is 80.8 Å². The molecule has 3 rings (SSSR count). The van der Waals surface area contributed by atoms with Gasteiger partial charge in [-0.25, -0.2) is 8.42 Å². The van der Waals surface area contributed by atoms with Gasteiger partial charge in [0.05, 0.1) is 20.6 Å². The molecule has 2 amide bonds. The zero-order valence-electron chi connectivity index (χ0n) is 22.7. The number of nitrogens with zero attached hydrogens (tertiary/aromatic N) is 2. The van der Waals surface area contributed by atoms with Gasteiger partial charge in [-0.2, -0.15) is 0 Å². The van der Waals surface area contributed by atoms with Crippen molar-refractivity contribution in [3.8, 4) is 0 Å². The van der Waals surface area contributed by atoms with Gasteiger partial charge in [0.25, 0.3) is 10.0 Å². The number of anilines is 1. The number of halogens is 3. The largest absolute Gasteiger partial charge is 0.355 e. The molecule has 0 heterocycles. The van der Waals surface area contributed by atoms with Crippen LogP contribution in [0.3, 0.4) is 0 Å². The lowest BCUT2D eigenvalue weighted by molar-refractivity contribution is -0.140. The van der Waals surface area contributed by atoms with E-state index in [9.17, 15) is 18.0 Å². The van der Waals surface area contributed by atoms with Gasteiger partial charge in [0.1, 0.15) is 12.6 Å². The van der Waals surface area contributed by atoms with Crippen LogP contribution >= 0.6 is 34.8 Å². The molecule has 0 aliphatic rings. The van der Waals surface area contributed by atoms with Crippen molar-refractivity contribution in [1.29, 1.82) is 0 Å². The molecule has 0 aliphatic heterocycles. The molecule has 3 aromatic rings. The summed E-state index contributed by atoms with van der Waals surface area (Å²) in [6, 6.07) is 15.3. The maximum atomic E-state index is 14.1. The van der Waals surface area contributed by atoms with E-state index in [1.165, 1.54) is 17.0 Å². The fourth-order valence-corrected chi connectivity index (χ4v) is 6.32. The molecule has 0 unspecified atom stereocenters. The van der Waals surface area contributed by atoms with E-state index in [0.29, 0.717) is 44.8 Å². The van der Waals surface area contributed by atoms with Crippen molar-refractivity contribution in [2.24, 2.45) is 0 Å². The third-order valence-corrected chi connectivity index (χ3v) is 9.14. The Balaban J connectivity index is 2.10. The SMILES string of the molecule is CCNC(=O)[C@@H](CC)N(Cc1ccc(Cl)c(Cl)c1)C(=O)CN(c1ccc(Cl)cc1C)S(=O)(=O)c1ccc(C)cc1. The Labute approximate surface area is 251 Å². The Bertz CT molecular complexity index is 1480. The summed E-state index contributed by atoms with van der Waals surface area (Å²) in [5.41, 5.74) is 2.41. The number of likely N-dealkylation sites (N-methyl/N-ethyl adjacent to an activating group) is 1. The Morgan fingerprint density at radius 3 is 2.15 bits per heavy atom. The van der Waals surface area contributed by atoms with Crippen molar-refractivity contribution in [3.05, 3.63) is 92.4 Å². The molecule has 0 saturated heterocycles. The standard InChI is InChI=1S/C29H32Cl3N3O4S/c1-5-26(29(37)33-6-2)34(17-21-9-13-24(31)25(32)16-21)28(36)18-35(27-14-10-22(30)15-20(27)4)40(38,39)23-11-7-19(3)8-12-23/h7-16,26H,5-6,17-18H2,1-4H3,(H,33,37)/t26-/m1/s1. The van der Waals surface area contributed by atoms with Crippen LogP contribution in [0, 0.1) is 13.8 Å². The second-order valence-electron chi connectivity index (χ2n) is 9.34. The number of sulfonamides is 1. The van der Waals surface area contributed by atoms with Crippen molar-refractivity contribution < 1.29 is 18.0 Å². The first-order valence-corrected chi connectivity index (χ1v) is 15.3. The maximum absolute atomic E-state index is 14.1. The van der Waals surface area contributed by atoms with Crippen LogP contribution < -0.4 is 9.62 Å². The smallest absolute Gasteiger partial charge is 0.264 e. The van der Waals surface area contributed by atoms with E-state index in [-0.39, 0.29) is 17.3 Å². The van der Waals surface area contributed by atoms with E-state index < -0.39 is 28.5 Å². The van der Waals surface area contributed by atoms with Crippen molar-refractivity contribution >= 4 is 62.3 Å². The van der Waals surface area contributed by atoms with Crippen LogP contribution in [0.4, 0.5) is 5.69 Å². The molecular formula is C29H32Cl3N3O4S. The molecule has 7 nitrogen and oxygen atoms in total. The van der Waals surface area contributed by atoms with E-state index in [0.717, 1.165) is 9.87 Å². The minimum absolute atomic E-state index is 0.0172. The number of nitrogens with one attached hydrogen (secondary N) is 1. The third kappa shape index (κ3) is 7.49. The predicted octanol–water partition coefficient (Wildman–Crippen LogP) is 6.40. The highest BCUT2D eigenvalue weighted by Crippen LogP contribution is 2.30. The lowest BCUT2D eigenvalue weighted by Gasteiger charge is -2.33. The van der Waals surface area contributed by atoms with Gasteiger partial charge in [-0.3, -0.25) is 13.9 Å². The normalized spacial score (nSPS) is 12.1. The molecule has 0 spiro atoms. The number of benzene rings is 3. The molecule has 0 aromatic heterocycles. The summed E-state index contributed by atoms with van der Waals surface area (Å²) in [7, 11) is -4.18. The van der Waals surface area contributed by atoms with Gasteiger partial charge >= 0.3 is 0 Å². The van der Waals surface area contributed by atoms with Gasteiger partial charge < -0.3 is 10.2 Å². The number of carbonyl (C=O) groups is 2. The molecular weight excluding hydrogens is 593 g/mol. The summed E-state index contributed by atoms with van der Waals surface area (Å²) in [6.45, 7) is 7.00. The molecule has 40 heavy (non-hydrogen) atoms. The predicted molar refractivity (Wildman–Crippen MR) is 162 cm³/mol. The minimum atomic E-state index is -4.18. The zero-order valence-corrected chi connectivity index (χ0v) is 25.8. The molecule has 11 heteroatoms. The molecule has 0 radical (unpaired) electrons. The fourth-order valence-electron chi connectivity index (χ4n) is 4.30. The van der Waals surface area contributed by atoms with E-state index in [1.807, 2.05) is 6.92 Å². The van der Waals surface area contributed by atoms with Crippen molar-refractivity contribution in [2.75, 3.05) is 17.4 Å². The Morgan fingerprint density at radius 1 is 0.900 bits per heavy atom. The van der Waals surface area contributed by atoms with Gasteiger partial charge in [-0.1, -0.05) is 65.5 Å². The van der Waals surface area contributed by atoms with Crippen LogP contribution in [0.15, 0.2) is 65.6 Å². The number of rotatable bonds is 11. The fraction of sp³-hybridized carbons (Fsp3) is 0.310. The van der Waals surface area contributed by atoms with E-state index >= 15 is 0 Å². The van der Waals surface area contributed by atoms with Crippen molar-refractivity contribution in [3.63, 3.8) is 0 Å². The first-order chi connectivity index (χ1) is 18.9. The molecule has 0 aliphatic carbocycles. The summed E-state index contributed by atoms with van der Waals surface area (Å²) in [5, 5.41) is 3.87. The summed E-state index contributed by atoms with van der Waals surface area (Å²) in [4.78, 5) is 28.5. The third-order valence-electron chi connectivity index (χ3n) is 6.39. The molecule has 0 bridgehead atoms. The number of hydrogen-bond donors (Lipinski definition) is 1. The molecule has 1 N–H and O–H groups in total. The summed E-state index contributed by atoms with van der Waals surface area (Å²) < 4.78 is 29.0. The number of hydrogen-bond acceptors (Lipinski definition) is 4. The highest BCUT2D eigenvalue weighted by atomic mass is 35.5. The van der Waals surface area contributed by atoms with Crippen LogP contribution in [0.2, 0.25) is 15.1 Å². The molecule has 0 fully saturated rings. The quantitative estimate of drug-likeness (QED) is 0.267. The van der Waals surface area contributed by atoms with Crippen LogP contribution in [0.5, 0.6) is 0 Å². The molecule has 1 atom stereocenters. The summed E-state index contributed by atoms with van der Waals surface area (Å²) in [6.07, 6.45) is 0.309. The molecule has 3 aromatic carbocycles.